The van der Waals surface area contributed by atoms with E-state index in [1.54, 1.807) is 19.1 Å². The SMILES string of the molecule is C#CCOc1ccc(C2=CN=C3C(=CC=CC=C3Nc3ccc(C(=O)CC(=N)[C@@H](C)CC(=N)CCC(=O)C=C=N)c(CC)c3)C2)c(F)c1F. The number of ether oxygens (including phenoxy) is 1. The lowest BCUT2D eigenvalue weighted by Gasteiger charge is -2.21. The molecule has 1 atom stereocenters. The normalized spacial score (nSPS) is 13.9. The Balaban J connectivity index is 1.46. The number of hydrogen-bond acceptors (Lipinski definition) is 8. The van der Waals surface area contributed by atoms with Crippen LogP contribution in [0.25, 0.3) is 5.57 Å². The van der Waals surface area contributed by atoms with Crippen molar-refractivity contribution in [1.82, 2.24) is 0 Å². The Labute approximate surface area is 284 Å². The summed E-state index contributed by atoms with van der Waals surface area (Å²) < 4.78 is 34.8. The van der Waals surface area contributed by atoms with E-state index in [9.17, 15) is 14.0 Å². The van der Waals surface area contributed by atoms with Gasteiger partial charge in [0.2, 0.25) is 5.82 Å². The van der Waals surface area contributed by atoms with Gasteiger partial charge in [-0.1, -0.05) is 38.0 Å². The quantitative estimate of drug-likeness (QED) is 0.0626. The molecule has 4 rings (SSSR count). The van der Waals surface area contributed by atoms with Crippen LogP contribution in [0.1, 0.15) is 67.4 Å². The molecule has 1 aliphatic carbocycles. The number of terminal acetylenes is 1. The van der Waals surface area contributed by atoms with Crippen LogP contribution in [0, 0.1) is 46.1 Å². The van der Waals surface area contributed by atoms with Gasteiger partial charge < -0.3 is 20.9 Å². The summed E-state index contributed by atoms with van der Waals surface area (Å²) in [5.41, 5.74) is 5.31. The van der Waals surface area contributed by atoms with E-state index in [2.05, 4.69) is 16.2 Å². The summed E-state index contributed by atoms with van der Waals surface area (Å²) in [7, 11) is 0. The monoisotopic (exact) mass is 661 g/mol. The zero-order valence-corrected chi connectivity index (χ0v) is 27.4. The Kier molecular flexibility index (Phi) is 12.4. The van der Waals surface area contributed by atoms with Crippen molar-refractivity contribution in [3.63, 3.8) is 0 Å². The smallest absolute Gasteiger partial charge is 0.201 e. The van der Waals surface area contributed by atoms with Crippen LogP contribution in [-0.4, -0.2) is 41.2 Å². The van der Waals surface area contributed by atoms with Gasteiger partial charge in [-0.25, -0.2) is 4.39 Å². The molecular weight excluding hydrogens is 624 g/mol. The number of fused-ring (bicyclic) bond motifs is 1. The topological polar surface area (TPSA) is 139 Å². The van der Waals surface area contributed by atoms with E-state index in [0.717, 1.165) is 22.9 Å². The molecule has 0 fully saturated rings. The summed E-state index contributed by atoms with van der Waals surface area (Å²) in [5.74, 6) is 0.972. The second kappa shape index (κ2) is 16.9. The lowest BCUT2D eigenvalue weighted by molar-refractivity contribution is -0.114. The first-order valence-corrected chi connectivity index (χ1v) is 15.8. The third-order valence-electron chi connectivity index (χ3n) is 8.14. The summed E-state index contributed by atoms with van der Waals surface area (Å²) in [4.78, 5) is 29.5. The van der Waals surface area contributed by atoms with E-state index < -0.39 is 11.6 Å². The fourth-order valence-electron chi connectivity index (χ4n) is 5.47. The summed E-state index contributed by atoms with van der Waals surface area (Å²) in [6.07, 6.45) is 16.6. The number of Topliss-reactive ketones (excluding diaryl/α,β-unsaturated/α-hetero) is 1. The Hall–Kier alpha value is -5.78. The zero-order chi connectivity index (χ0) is 35.5. The fraction of sp³-hybridized carbons (Fsp3) is 0.256. The van der Waals surface area contributed by atoms with Crippen molar-refractivity contribution < 1.29 is 23.1 Å². The number of carbonyl (C=O) groups is 2. The molecule has 10 heteroatoms. The molecule has 1 heterocycles. The number of benzene rings is 2. The molecule has 8 nitrogen and oxygen atoms in total. The Bertz CT molecular complexity index is 1940. The van der Waals surface area contributed by atoms with Gasteiger partial charge in [0.25, 0.3) is 0 Å². The molecule has 0 spiro atoms. The predicted molar refractivity (Wildman–Crippen MR) is 190 cm³/mol. The molecule has 0 saturated heterocycles. The van der Waals surface area contributed by atoms with Crippen molar-refractivity contribution in [3.8, 4) is 18.1 Å². The van der Waals surface area contributed by atoms with E-state index in [-0.39, 0.29) is 66.8 Å². The molecule has 49 heavy (non-hydrogen) atoms. The second-order valence-electron chi connectivity index (χ2n) is 11.6. The van der Waals surface area contributed by atoms with Crippen molar-refractivity contribution in [3.05, 3.63) is 107 Å². The van der Waals surface area contributed by atoms with Crippen molar-refractivity contribution in [2.75, 3.05) is 11.9 Å². The largest absolute Gasteiger partial charge is 0.478 e. The molecule has 0 bridgehead atoms. The number of anilines is 1. The number of aliphatic imine (C=N–C) groups is 1. The van der Waals surface area contributed by atoms with Crippen molar-refractivity contribution in [2.45, 2.75) is 52.4 Å². The first kappa shape index (κ1) is 36.1. The third-order valence-corrected chi connectivity index (χ3v) is 8.14. The zero-order valence-electron chi connectivity index (χ0n) is 27.4. The van der Waals surface area contributed by atoms with Crippen LogP contribution in [0.2, 0.25) is 0 Å². The maximum Gasteiger partial charge on any atom is 0.201 e. The van der Waals surface area contributed by atoms with Gasteiger partial charge >= 0.3 is 0 Å². The molecule has 0 radical (unpaired) electrons. The lowest BCUT2D eigenvalue weighted by atomic mass is 9.90. The first-order valence-electron chi connectivity index (χ1n) is 15.8. The van der Waals surface area contributed by atoms with E-state index >= 15 is 4.39 Å². The predicted octanol–water partition coefficient (Wildman–Crippen LogP) is 8.01. The van der Waals surface area contributed by atoms with Gasteiger partial charge in [0, 0.05) is 59.8 Å². The van der Waals surface area contributed by atoms with Crippen LogP contribution < -0.4 is 10.1 Å². The number of carbonyl (C=O) groups excluding carboxylic acids is 2. The van der Waals surface area contributed by atoms with Crippen LogP contribution in [0.5, 0.6) is 5.75 Å². The molecule has 2 aromatic carbocycles. The second-order valence-corrected chi connectivity index (χ2v) is 11.6. The van der Waals surface area contributed by atoms with Crippen LogP contribution in [0.15, 0.2) is 83.2 Å². The number of nitrogens with one attached hydrogen (secondary N) is 4. The molecule has 0 unspecified atom stereocenters. The maximum atomic E-state index is 15.0. The van der Waals surface area contributed by atoms with Crippen LogP contribution in [0.3, 0.4) is 0 Å². The van der Waals surface area contributed by atoms with Gasteiger partial charge in [-0.2, -0.15) is 4.39 Å². The van der Waals surface area contributed by atoms with E-state index in [1.165, 1.54) is 18.3 Å². The maximum absolute atomic E-state index is 15.0. The van der Waals surface area contributed by atoms with Gasteiger partial charge in [0.05, 0.1) is 11.4 Å². The highest BCUT2D eigenvalue weighted by Gasteiger charge is 2.24. The number of halogens is 2. The fourth-order valence-corrected chi connectivity index (χ4v) is 5.47. The van der Waals surface area contributed by atoms with Crippen molar-refractivity contribution >= 4 is 45.8 Å². The molecule has 4 N–H and O–H groups in total. The van der Waals surface area contributed by atoms with E-state index in [0.29, 0.717) is 41.1 Å². The number of hydrogen-bond donors (Lipinski definition) is 4. The Morgan fingerprint density at radius 1 is 1.10 bits per heavy atom. The van der Waals surface area contributed by atoms with Crippen molar-refractivity contribution in [2.24, 2.45) is 10.9 Å². The highest BCUT2D eigenvalue weighted by Crippen LogP contribution is 2.35. The molecule has 2 aromatic rings. The molecule has 2 aliphatic rings. The molecule has 1 aliphatic heterocycles. The van der Waals surface area contributed by atoms with E-state index in [4.69, 9.17) is 27.4 Å². The number of rotatable bonds is 16. The molecule has 0 saturated carbocycles. The van der Waals surface area contributed by atoms with E-state index in [1.807, 2.05) is 43.2 Å². The average molecular weight is 662 g/mol. The molecule has 0 amide bonds. The van der Waals surface area contributed by atoms with Gasteiger partial charge in [-0.05, 0) is 84.2 Å². The number of ketones is 2. The number of nitrogens with zero attached hydrogens (tertiary/aromatic N) is 1. The lowest BCUT2D eigenvalue weighted by Crippen LogP contribution is -2.19. The minimum atomic E-state index is -1.11. The standard InChI is InChI=1S/C39H37F2N5O3/c1-4-18-49-36-15-14-32(37(40)38(36)41)27-20-26-8-6-7-9-34(39(26)45-23-27)46-29-11-13-31(25(5-2)21-29)35(48)22-33(44)24(3)19-28(43)10-12-30(47)16-17-42/h1,6-9,11,13-16,21,23-24,42-44,46H,5,10,12,18-20,22H2,2-3H3/t24-/m0/s1. The first-order chi connectivity index (χ1) is 23.6. The number of aryl methyl sites for hydroxylation is 1. The van der Waals surface area contributed by atoms with Gasteiger partial charge in [0.1, 0.15) is 6.61 Å². The molecular formula is C39H37F2N5O3. The minimum absolute atomic E-state index is 0.0789. The molecule has 0 aromatic heterocycles. The third kappa shape index (κ3) is 9.19. The van der Waals surface area contributed by atoms with Crippen LogP contribution >= 0.6 is 0 Å². The highest BCUT2D eigenvalue weighted by atomic mass is 19.2. The van der Waals surface area contributed by atoms with Crippen LogP contribution in [0.4, 0.5) is 14.5 Å². The number of allylic oxidation sites excluding steroid dienone is 7. The summed E-state index contributed by atoms with van der Waals surface area (Å²) in [6.45, 7) is 3.56. The Morgan fingerprint density at radius 3 is 2.61 bits per heavy atom. The molecule has 250 valence electrons. The minimum Gasteiger partial charge on any atom is -0.478 e. The van der Waals surface area contributed by atoms with Gasteiger partial charge in [-0.3, -0.25) is 20.0 Å². The Morgan fingerprint density at radius 2 is 1.88 bits per heavy atom. The van der Waals surface area contributed by atoms with Crippen LogP contribution in [-0.2, 0) is 11.2 Å². The highest BCUT2D eigenvalue weighted by molar-refractivity contribution is 6.17. The van der Waals surface area contributed by atoms with Gasteiger partial charge in [-0.15, -0.1) is 6.42 Å². The van der Waals surface area contributed by atoms with Gasteiger partial charge in [0.15, 0.2) is 23.1 Å². The summed E-state index contributed by atoms with van der Waals surface area (Å²) in [6, 6.07) is 8.22. The summed E-state index contributed by atoms with van der Waals surface area (Å²) in [5, 5.41) is 26.9. The van der Waals surface area contributed by atoms with Crippen molar-refractivity contribution in [1.29, 1.82) is 16.2 Å². The average Bonchev–Trinajstić information content (AvgIpc) is 3.29. The summed E-state index contributed by atoms with van der Waals surface area (Å²) >= 11 is 0.